The van der Waals surface area contributed by atoms with Crippen molar-refractivity contribution in [3.63, 3.8) is 0 Å². The topological polar surface area (TPSA) is 58.6 Å². The van der Waals surface area contributed by atoms with Crippen LogP contribution in [-0.2, 0) is 9.59 Å². The number of hydrogen-bond acceptors (Lipinski definition) is 3. The zero-order chi connectivity index (χ0) is 17.4. The molecule has 0 spiro atoms. The molecule has 23 heavy (non-hydrogen) atoms. The summed E-state index contributed by atoms with van der Waals surface area (Å²) in [5.41, 5.74) is 1.74. The van der Waals surface area contributed by atoms with Crippen molar-refractivity contribution in [2.75, 3.05) is 25.1 Å². The first-order valence-corrected chi connectivity index (χ1v) is 8.04. The summed E-state index contributed by atoms with van der Waals surface area (Å²) >= 11 is 0. The Balaban J connectivity index is 2.71. The summed E-state index contributed by atoms with van der Waals surface area (Å²) in [6, 6.07) is 5.67. The standard InChI is InChI=1S/C18H28N2O3/c1-13(2)8-10-19-18(22)9-11-20(15(4)21)16-12-14(3)6-7-17(16)23-5/h6-7,12-13H,8-11H2,1-5H3,(H,19,22). The van der Waals surface area contributed by atoms with Crippen molar-refractivity contribution < 1.29 is 14.3 Å². The first kappa shape index (κ1) is 19.0. The van der Waals surface area contributed by atoms with Gasteiger partial charge in [0.05, 0.1) is 12.8 Å². The lowest BCUT2D eigenvalue weighted by molar-refractivity contribution is -0.121. The normalized spacial score (nSPS) is 10.5. The highest BCUT2D eigenvalue weighted by molar-refractivity contribution is 5.94. The summed E-state index contributed by atoms with van der Waals surface area (Å²) in [6.45, 7) is 8.70. The molecule has 1 aromatic carbocycles. The van der Waals surface area contributed by atoms with E-state index >= 15 is 0 Å². The maximum Gasteiger partial charge on any atom is 0.223 e. The number of carbonyl (C=O) groups excluding carboxylic acids is 2. The molecule has 0 aromatic heterocycles. The quantitative estimate of drug-likeness (QED) is 0.801. The lowest BCUT2D eigenvalue weighted by atomic mass is 10.1. The van der Waals surface area contributed by atoms with E-state index in [9.17, 15) is 9.59 Å². The average molecular weight is 320 g/mol. The Morgan fingerprint density at radius 3 is 2.57 bits per heavy atom. The molecule has 0 aliphatic rings. The van der Waals surface area contributed by atoms with E-state index in [4.69, 9.17) is 4.74 Å². The van der Waals surface area contributed by atoms with Crippen molar-refractivity contribution in [2.45, 2.75) is 40.5 Å². The van der Waals surface area contributed by atoms with Crippen LogP contribution in [0.15, 0.2) is 18.2 Å². The third-order valence-corrected chi connectivity index (χ3v) is 3.61. The molecule has 0 heterocycles. The molecular weight excluding hydrogens is 292 g/mol. The molecule has 0 saturated heterocycles. The number of benzene rings is 1. The number of aryl methyl sites for hydroxylation is 1. The van der Waals surface area contributed by atoms with Crippen molar-refractivity contribution in [3.05, 3.63) is 23.8 Å². The first-order chi connectivity index (χ1) is 10.8. The number of amides is 2. The van der Waals surface area contributed by atoms with Gasteiger partial charge in [-0.3, -0.25) is 9.59 Å². The highest BCUT2D eigenvalue weighted by atomic mass is 16.5. The lowest BCUT2D eigenvalue weighted by Crippen LogP contribution is -2.34. The van der Waals surface area contributed by atoms with Crippen LogP contribution in [-0.4, -0.2) is 32.0 Å². The van der Waals surface area contributed by atoms with Crippen LogP contribution in [0.3, 0.4) is 0 Å². The van der Waals surface area contributed by atoms with Crippen molar-refractivity contribution >= 4 is 17.5 Å². The Hall–Kier alpha value is -2.04. The molecule has 0 aliphatic carbocycles. The van der Waals surface area contributed by atoms with Crippen LogP contribution in [0.1, 0.15) is 39.2 Å². The number of nitrogens with zero attached hydrogens (tertiary/aromatic N) is 1. The molecule has 0 radical (unpaired) electrons. The van der Waals surface area contributed by atoms with Crippen molar-refractivity contribution in [2.24, 2.45) is 5.92 Å². The zero-order valence-electron chi connectivity index (χ0n) is 14.8. The Bertz CT molecular complexity index is 541. The third kappa shape index (κ3) is 6.30. The summed E-state index contributed by atoms with van der Waals surface area (Å²) in [4.78, 5) is 25.5. The van der Waals surface area contributed by atoms with Gasteiger partial charge in [-0.05, 0) is 37.0 Å². The minimum atomic E-state index is -0.108. The van der Waals surface area contributed by atoms with Gasteiger partial charge in [-0.1, -0.05) is 19.9 Å². The molecule has 0 unspecified atom stereocenters. The lowest BCUT2D eigenvalue weighted by Gasteiger charge is -2.23. The van der Waals surface area contributed by atoms with Gasteiger partial charge in [0, 0.05) is 26.4 Å². The Morgan fingerprint density at radius 1 is 1.30 bits per heavy atom. The fourth-order valence-electron chi connectivity index (χ4n) is 2.26. The molecule has 5 nitrogen and oxygen atoms in total. The molecular formula is C18H28N2O3. The summed E-state index contributed by atoms with van der Waals surface area (Å²) in [5.74, 6) is 1.04. The predicted molar refractivity (Wildman–Crippen MR) is 92.8 cm³/mol. The number of carbonyl (C=O) groups is 2. The summed E-state index contributed by atoms with van der Waals surface area (Å²) in [5, 5.41) is 2.89. The SMILES string of the molecule is COc1ccc(C)cc1N(CCC(=O)NCCC(C)C)C(C)=O. The van der Waals surface area contributed by atoms with Gasteiger partial charge in [-0.2, -0.15) is 0 Å². The largest absolute Gasteiger partial charge is 0.495 e. The van der Waals surface area contributed by atoms with Gasteiger partial charge in [0.25, 0.3) is 0 Å². The molecule has 0 aliphatic heterocycles. The molecule has 128 valence electrons. The number of ether oxygens (including phenoxy) is 1. The number of hydrogen-bond donors (Lipinski definition) is 1. The second kappa shape index (κ2) is 9.18. The minimum absolute atomic E-state index is 0.0384. The highest BCUT2D eigenvalue weighted by Gasteiger charge is 2.17. The second-order valence-electron chi connectivity index (χ2n) is 6.13. The monoisotopic (exact) mass is 320 g/mol. The number of rotatable bonds is 8. The van der Waals surface area contributed by atoms with E-state index in [-0.39, 0.29) is 18.2 Å². The van der Waals surface area contributed by atoms with Gasteiger partial charge >= 0.3 is 0 Å². The van der Waals surface area contributed by atoms with Gasteiger partial charge in [0.15, 0.2) is 0 Å². The minimum Gasteiger partial charge on any atom is -0.495 e. The van der Waals surface area contributed by atoms with Gasteiger partial charge in [0.2, 0.25) is 11.8 Å². The molecule has 2 amide bonds. The second-order valence-corrected chi connectivity index (χ2v) is 6.13. The maximum atomic E-state index is 12.0. The molecule has 0 fully saturated rings. The van der Waals surface area contributed by atoms with Crippen LogP contribution in [0.25, 0.3) is 0 Å². The van der Waals surface area contributed by atoms with Gasteiger partial charge in [0.1, 0.15) is 5.75 Å². The fourth-order valence-corrected chi connectivity index (χ4v) is 2.26. The van der Waals surface area contributed by atoms with Crippen LogP contribution < -0.4 is 15.0 Å². The van der Waals surface area contributed by atoms with E-state index in [1.807, 2.05) is 25.1 Å². The molecule has 0 saturated carbocycles. The Morgan fingerprint density at radius 2 is 2.00 bits per heavy atom. The predicted octanol–water partition coefficient (Wildman–Crippen LogP) is 2.91. The van der Waals surface area contributed by atoms with Crippen LogP contribution in [0.4, 0.5) is 5.69 Å². The molecule has 1 aromatic rings. The molecule has 5 heteroatoms. The smallest absolute Gasteiger partial charge is 0.223 e. The Kier molecular flexibility index (Phi) is 7.59. The van der Waals surface area contributed by atoms with Crippen molar-refractivity contribution in [1.82, 2.24) is 5.32 Å². The number of anilines is 1. The van der Waals surface area contributed by atoms with E-state index in [2.05, 4.69) is 19.2 Å². The van der Waals surface area contributed by atoms with Crippen LogP contribution in [0.5, 0.6) is 5.75 Å². The van der Waals surface area contributed by atoms with E-state index < -0.39 is 0 Å². The maximum absolute atomic E-state index is 12.0. The molecule has 1 N–H and O–H groups in total. The van der Waals surface area contributed by atoms with E-state index in [0.29, 0.717) is 30.4 Å². The van der Waals surface area contributed by atoms with E-state index in [1.54, 1.807) is 12.0 Å². The van der Waals surface area contributed by atoms with E-state index in [1.165, 1.54) is 6.92 Å². The summed E-state index contributed by atoms with van der Waals surface area (Å²) < 4.78 is 5.34. The van der Waals surface area contributed by atoms with Crippen molar-refractivity contribution in [3.8, 4) is 5.75 Å². The van der Waals surface area contributed by atoms with Crippen LogP contribution >= 0.6 is 0 Å². The van der Waals surface area contributed by atoms with Crippen molar-refractivity contribution in [1.29, 1.82) is 0 Å². The third-order valence-electron chi connectivity index (χ3n) is 3.61. The summed E-state index contributed by atoms with van der Waals surface area (Å²) in [7, 11) is 1.57. The molecule has 0 bridgehead atoms. The Labute approximate surface area is 139 Å². The summed E-state index contributed by atoms with van der Waals surface area (Å²) in [6.07, 6.45) is 1.22. The van der Waals surface area contributed by atoms with Gasteiger partial charge < -0.3 is 15.0 Å². The van der Waals surface area contributed by atoms with E-state index in [0.717, 1.165) is 12.0 Å². The van der Waals surface area contributed by atoms with Gasteiger partial charge in [-0.25, -0.2) is 0 Å². The van der Waals surface area contributed by atoms with Crippen LogP contribution in [0.2, 0.25) is 0 Å². The zero-order valence-corrected chi connectivity index (χ0v) is 14.8. The molecule has 0 atom stereocenters. The fraction of sp³-hybridized carbons (Fsp3) is 0.556. The van der Waals surface area contributed by atoms with Gasteiger partial charge in [-0.15, -0.1) is 0 Å². The number of methoxy groups -OCH3 is 1. The molecule has 1 rings (SSSR count). The average Bonchev–Trinajstić information content (AvgIpc) is 2.47. The number of nitrogens with one attached hydrogen (secondary N) is 1. The van der Waals surface area contributed by atoms with Crippen LogP contribution in [0, 0.1) is 12.8 Å². The highest BCUT2D eigenvalue weighted by Crippen LogP contribution is 2.29. The first-order valence-electron chi connectivity index (χ1n) is 8.04.